The van der Waals surface area contributed by atoms with E-state index in [1.54, 1.807) is 11.0 Å². The average molecular weight is 430 g/mol. The number of anilines is 1. The third-order valence-corrected chi connectivity index (χ3v) is 6.89. The van der Waals surface area contributed by atoms with Crippen molar-refractivity contribution in [2.75, 3.05) is 4.90 Å². The Kier molecular flexibility index (Phi) is 8.05. The number of rotatable bonds is 11. The second kappa shape index (κ2) is 10.7. The summed E-state index contributed by atoms with van der Waals surface area (Å²) in [6.07, 6.45) is 7.70. The van der Waals surface area contributed by atoms with Gasteiger partial charge >= 0.3 is 5.97 Å². The monoisotopic (exact) mass is 429 g/mol. The number of benzene rings is 1. The van der Waals surface area contributed by atoms with Gasteiger partial charge in [0.15, 0.2) is 0 Å². The molecular weight excluding hydrogens is 398 g/mol. The predicted octanol–water partition coefficient (Wildman–Crippen LogP) is 5.06. The second-order valence-electron chi connectivity index (χ2n) is 8.04. The van der Waals surface area contributed by atoms with E-state index >= 15 is 0 Å². The van der Waals surface area contributed by atoms with E-state index in [1.807, 2.05) is 18.2 Å². The molecule has 2 unspecified atom stereocenters. The van der Waals surface area contributed by atoms with Gasteiger partial charge in [-0.1, -0.05) is 38.3 Å². The van der Waals surface area contributed by atoms with Crippen molar-refractivity contribution >= 4 is 28.9 Å². The van der Waals surface area contributed by atoms with Crippen molar-refractivity contribution in [2.45, 2.75) is 76.9 Å². The Balaban J connectivity index is 1.58. The number of hydrogen-bond donors (Lipinski definition) is 2. The van der Waals surface area contributed by atoms with Crippen LogP contribution in [0, 0.1) is 0 Å². The molecule has 6 heteroatoms. The van der Waals surface area contributed by atoms with Gasteiger partial charge in [0.05, 0.1) is 18.6 Å². The van der Waals surface area contributed by atoms with E-state index in [9.17, 15) is 14.7 Å². The molecule has 3 rings (SSSR count). The first-order chi connectivity index (χ1) is 14.5. The van der Waals surface area contributed by atoms with E-state index in [0.29, 0.717) is 11.3 Å². The largest absolute Gasteiger partial charge is 0.477 e. The van der Waals surface area contributed by atoms with E-state index in [-0.39, 0.29) is 18.4 Å². The summed E-state index contributed by atoms with van der Waals surface area (Å²) in [6, 6.07) is 11.4. The molecule has 162 valence electrons. The van der Waals surface area contributed by atoms with Crippen molar-refractivity contribution in [1.29, 1.82) is 0 Å². The van der Waals surface area contributed by atoms with Gasteiger partial charge in [-0.05, 0) is 61.9 Å². The first kappa shape index (κ1) is 22.5. The van der Waals surface area contributed by atoms with Crippen LogP contribution < -0.4 is 4.90 Å². The van der Waals surface area contributed by atoms with Crippen molar-refractivity contribution in [3.05, 3.63) is 51.7 Å². The SMILES string of the molecule is CCCCCCc1ccc(N2C(=O)CC(O)C2CCCc2ccc(C(=O)O)s2)cc1. The molecule has 0 saturated carbocycles. The molecule has 30 heavy (non-hydrogen) atoms. The number of aromatic carboxylic acids is 1. The Morgan fingerprint density at radius 1 is 1.07 bits per heavy atom. The van der Waals surface area contributed by atoms with Crippen molar-refractivity contribution in [3.8, 4) is 0 Å². The van der Waals surface area contributed by atoms with Crippen LogP contribution in [0.1, 0.15) is 72.0 Å². The Morgan fingerprint density at radius 3 is 2.50 bits per heavy atom. The molecule has 1 aromatic heterocycles. The number of thiophene rings is 1. The number of carbonyl (C=O) groups is 2. The third kappa shape index (κ3) is 5.70. The molecule has 1 fully saturated rings. The lowest BCUT2D eigenvalue weighted by Gasteiger charge is -2.26. The third-order valence-electron chi connectivity index (χ3n) is 5.76. The summed E-state index contributed by atoms with van der Waals surface area (Å²) in [5, 5.41) is 19.5. The molecule has 2 N–H and O–H groups in total. The Hall–Kier alpha value is -2.18. The summed E-state index contributed by atoms with van der Waals surface area (Å²) in [6.45, 7) is 2.21. The van der Waals surface area contributed by atoms with Gasteiger partial charge in [-0.2, -0.15) is 0 Å². The molecule has 1 amide bonds. The first-order valence-corrected chi connectivity index (χ1v) is 11.7. The fourth-order valence-electron chi connectivity index (χ4n) is 4.12. The van der Waals surface area contributed by atoms with Crippen molar-refractivity contribution < 1.29 is 19.8 Å². The fraction of sp³-hybridized carbons (Fsp3) is 0.500. The maximum Gasteiger partial charge on any atom is 0.345 e. The van der Waals surface area contributed by atoms with Gasteiger partial charge in [0.25, 0.3) is 0 Å². The van der Waals surface area contributed by atoms with E-state index in [1.165, 1.54) is 42.6 Å². The van der Waals surface area contributed by atoms with Gasteiger partial charge in [-0.3, -0.25) is 4.79 Å². The zero-order chi connectivity index (χ0) is 21.5. The van der Waals surface area contributed by atoms with Crippen LogP contribution in [-0.4, -0.2) is 34.2 Å². The minimum atomic E-state index is -0.900. The highest BCUT2D eigenvalue weighted by atomic mass is 32.1. The standard InChI is InChI=1S/C24H31NO4S/c1-2-3-4-5-7-17-10-12-18(13-11-17)25-20(21(26)16-23(25)27)9-6-8-19-14-15-22(30-19)24(28)29/h10-15,20-21,26H,2-9,16H2,1H3,(H,28,29). The summed E-state index contributed by atoms with van der Waals surface area (Å²) < 4.78 is 0. The van der Waals surface area contributed by atoms with Crippen LogP contribution >= 0.6 is 11.3 Å². The van der Waals surface area contributed by atoms with Crippen molar-refractivity contribution in [1.82, 2.24) is 0 Å². The summed E-state index contributed by atoms with van der Waals surface area (Å²) in [5.41, 5.74) is 2.13. The minimum absolute atomic E-state index is 0.0347. The molecule has 2 heterocycles. The summed E-state index contributed by atoms with van der Waals surface area (Å²) in [4.78, 5) is 26.7. The van der Waals surface area contributed by atoms with E-state index < -0.39 is 12.1 Å². The number of nitrogens with zero attached hydrogens (tertiary/aromatic N) is 1. The highest BCUT2D eigenvalue weighted by Crippen LogP contribution is 2.31. The molecule has 2 atom stereocenters. The molecule has 0 radical (unpaired) electrons. The predicted molar refractivity (Wildman–Crippen MR) is 120 cm³/mol. The Morgan fingerprint density at radius 2 is 1.83 bits per heavy atom. The van der Waals surface area contributed by atoms with Gasteiger partial charge < -0.3 is 15.1 Å². The molecule has 2 aromatic rings. The van der Waals surface area contributed by atoms with Crippen molar-refractivity contribution in [2.24, 2.45) is 0 Å². The van der Waals surface area contributed by atoms with Crippen LogP contribution in [0.15, 0.2) is 36.4 Å². The number of carboxylic acid groups (broad SMARTS) is 1. The van der Waals surface area contributed by atoms with E-state index in [2.05, 4.69) is 19.1 Å². The number of carbonyl (C=O) groups excluding carboxylic acids is 1. The maximum absolute atomic E-state index is 12.5. The molecule has 0 aliphatic carbocycles. The lowest BCUT2D eigenvalue weighted by molar-refractivity contribution is -0.117. The molecule has 0 spiro atoms. The van der Waals surface area contributed by atoms with Gasteiger partial charge in [-0.25, -0.2) is 4.79 Å². The molecule has 5 nitrogen and oxygen atoms in total. The Labute approximate surface area is 182 Å². The van der Waals surface area contributed by atoms with Crippen LogP contribution in [-0.2, 0) is 17.6 Å². The van der Waals surface area contributed by atoms with E-state index in [4.69, 9.17) is 5.11 Å². The van der Waals surface area contributed by atoms with Crippen LogP contribution in [0.2, 0.25) is 0 Å². The highest BCUT2D eigenvalue weighted by Gasteiger charge is 2.39. The molecule has 1 aliphatic heterocycles. The number of unbranched alkanes of at least 4 members (excludes halogenated alkanes) is 3. The molecular formula is C24H31NO4S. The van der Waals surface area contributed by atoms with Crippen LogP contribution in [0.4, 0.5) is 5.69 Å². The minimum Gasteiger partial charge on any atom is -0.477 e. The first-order valence-electron chi connectivity index (χ1n) is 10.9. The number of hydrogen-bond acceptors (Lipinski definition) is 4. The smallest absolute Gasteiger partial charge is 0.345 e. The number of carboxylic acids is 1. The quantitative estimate of drug-likeness (QED) is 0.490. The maximum atomic E-state index is 12.5. The molecule has 1 aromatic carbocycles. The van der Waals surface area contributed by atoms with Gasteiger partial charge in [-0.15, -0.1) is 11.3 Å². The zero-order valence-electron chi connectivity index (χ0n) is 17.5. The van der Waals surface area contributed by atoms with Gasteiger partial charge in [0, 0.05) is 10.6 Å². The highest BCUT2D eigenvalue weighted by molar-refractivity contribution is 7.13. The van der Waals surface area contributed by atoms with E-state index in [0.717, 1.165) is 29.8 Å². The molecule has 1 aliphatic rings. The average Bonchev–Trinajstić information content (AvgIpc) is 3.31. The van der Waals surface area contributed by atoms with Crippen LogP contribution in [0.5, 0.6) is 0 Å². The van der Waals surface area contributed by atoms with Crippen LogP contribution in [0.3, 0.4) is 0 Å². The lowest BCUT2D eigenvalue weighted by Crippen LogP contribution is -2.37. The normalized spacial score (nSPS) is 18.9. The number of aryl methyl sites for hydroxylation is 2. The summed E-state index contributed by atoms with van der Waals surface area (Å²) >= 11 is 1.29. The summed E-state index contributed by atoms with van der Waals surface area (Å²) in [7, 11) is 0. The lowest BCUT2D eigenvalue weighted by atomic mass is 10.0. The second-order valence-corrected chi connectivity index (χ2v) is 9.21. The fourth-order valence-corrected chi connectivity index (χ4v) is 5.01. The molecule has 1 saturated heterocycles. The number of aliphatic hydroxyl groups is 1. The molecule has 0 bridgehead atoms. The van der Waals surface area contributed by atoms with Crippen molar-refractivity contribution in [3.63, 3.8) is 0 Å². The van der Waals surface area contributed by atoms with Crippen LogP contribution in [0.25, 0.3) is 0 Å². The Bertz CT molecular complexity index is 845. The number of aliphatic hydroxyl groups excluding tert-OH is 1. The van der Waals surface area contributed by atoms with Gasteiger partial charge in [0.1, 0.15) is 4.88 Å². The van der Waals surface area contributed by atoms with Gasteiger partial charge in [0.2, 0.25) is 5.91 Å². The topological polar surface area (TPSA) is 77.8 Å². The zero-order valence-corrected chi connectivity index (χ0v) is 18.4. The number of amides is 1. The summed E-state index contributed by atoms with van der Waals surface area (Å²) in [5.74, 6) is -0.935.